The van der Waals surface area contributed by atoms with Gasteiger partial charge in [0.2, 0.25) is 0 Å². The second kappa shape index (κ2) is 34.3. The van der Waals surface area contributed by atoms with Crippen LogP contribution in [0.1, 0.15) is 66.7 Å². The van der Waals surface area contributed by atoms with Crippen molar-refractivity contribution in [1.29, 1.82) is 0 Å². The predicted octanol–water partition coefficient (Wildman–Crippen LogP) is -4.27. The zero-order valence-corrected chi connectivity index (χ0v) is 17.0. The number of hydrogen-bond donors (Lipinski definition) is 0. The molecule has 0 saturated carbocycles. The molecule has 0 heterocycles. The van der Waals surface area contributed by atoms with Gasteiger partial charge in [0.15, 0.2) is 0 Å². The molecule has 0 aromatic rings. The molecular weight excluding hydrogens is 391 g/mol. The molecule has 0 fully saturated rings. The van der Waals surface area contributed by atoms with Gasteiger partial charge in [-0.3, -0.25) is 0 Å². The molecule has 1 radical (unpaired) electrons. The third-order valence-corrected chi connectivity index (χ3v) is 1.44. The molecule has 155 valence electrons. The van der Waals surface area contributed by atoms with E-state index < -0.39 is 29.8 Å². The molecule has 0 aromatic heterocycles. The van der Waals surface area contributed by atoms with Crippen molar-refractivity contribution in [3.05, 3.63) is 0 Å². The van der Waals surface area contributed by atoms with Gasteiger partial charge < -0.3 is 49.5 Å². The second-order valence-corrected chi connectivity index (χ2v) is 3.63. The molecule has 0 aliphatic heterocycles. The monoisotopic (exact) mass is 416 g/mol. The summed E-state index contributed by atoms with van der Waals surface area (Å²) in [6.45, 7) is 7.69. The van der Waals surface area contributed by atoms with E-state index in [1.807, 2.05) is 0 Å². The van der Waals surface area contributed by atoms with E-state index in [-0.39, 0.29) is 50.7 Å². The largest absolute Gasteiger partial charge is 0.550 e. The maximum Gasteiger partial charge on any atom is 0.0411 e. The van der Waals surface area contributed by atoms with Crippen molar-refractivity contribution in [2.45, 2.75) is 66.7 Å². The van der Waals surface area contributed by atoms with Crippen LogP contribution in [0.4, 0.5) is 0 Å². The molecule has 11 heteroatoms. The van der Waals surface area contributed by atoms with Crippen LogP contribution in [0.2, 0.25) is 0 Å². The quantitative estimate of drug-likeness (QED) is 0.422. The Balaban J connectivity index is -0.0000000476. The van der Waals surface area contributed by atoms with Gasteiger partial charge in [0.1, 0.15) is 0 Å². The minimum absolute atomic E-state index is 0. The fourth-order valence-corrected chi connectivity index (χ4v) is 0. The summed E-state index contributed by atoms with van der Waals surface area (Å²) >= 11 is 0. The number of carboxylic acid groups (broad SMARTS) is 5. The SMILES string of the molecule is CCC(=O)[O-].CCC(=O)[O-].CCC(=O)[O-].CCC(=O)[O-].CCC(=O)[O-].[V]. The van der Waals surface area contributed by atoms with Crippen LogP contribution < -0.4 is 25.5 Å². The summed E-state index contributed by atoms with van der Waals surface area (Å²) in [4.78, 5) is 46.3. The molecule has 0 aliphatic rings. The smallest absolute Gasteiger partial charge is 0.0411 e. The minimum atomic E-state index is -0.995. The molecule has 0 aliphatic carbocycles. The molecule has 0 saturated heterocycles. The van der Waals surface area contributed by atoms with E-state index in [1.54, 1.807) is 0 Å². The third kappa shape index (κ3) is 153. The van der Waals surface area contributed by atoms with Crippen molar-refractivity contribution in [3.63, 3.8) is 0 Å². The van der Waals surface area contributed by atoms with Crippen LogP contribution in [0.3, 0.4) is 0 Å². The van der Waals surface area contributed by atoms with Gasteiger partial charge in [-0.05, 0) is 32.1 Å². The fraction of sp³-hybridized carbons (Fsp3) is 0.667. The van der Waals surface area contributed by atoms with Gasteiger partial charge in [-0.15, -0.1) is 0 Å². The molecule has 0 amide bonds. The Morgan fingerprint density at radius 3 is 0.462 bits per heavy atom. The van der Waals surface area contributed by atoms with Gasteiger partial charge in [0, 0.05) is 48.4 Å². The average Bonchev–Trinajstić information content (AvgIpc) is 2.56. The van der Waals surface area contributed by atoms with Crippen LogP contribution >= 0.6 is 0 Å². The molecule has 0 N–H and O–H groups in total. The van der Waals surface area contributed by atoms with Crippen LogP contribution in [0.5, 0.6) is 0 Å². The van der Waals surface area contributed by atoms with E-state index in [0.717, 1.165) is 0 Å². The van der Waals surface area contributed by atoms with Crippen LogP contribution in [0.15, 0.2) is 0 Å². The summed E-state index contributed by atoms with van der Waals surface area (Å²) in [5, 5.41) is 46.3. The van der Waals surface area contributed by atoms with Gasteiger partial charge in [0.25, 0.3) is 0 Å². The van der Waals surface area contributed by atoms with Gasteiger partial charge in [-0.2, -0.15) is 0 Å². The van der Waals surface area contributed by atoms with Gasteiger partial charge in [-0.1, -0.05) is 34.6 Å². The minimum Gasteiger partial charge on any atom is -0.550 e. The molecule has 0 bridgehead atoms. The van der Waals surface area contributed by atoms with Crippen LogP contribution in [-0.4, -0.2) is 29.8 Å². The Morgan fingerprint density at radius 2 is 0.462 bits per heavy atom. The number of aliphatic carboxylic acids is 5. The van der Waals surface area contributed by atoms with Gasteiger partial charge in [0.05, 0.1) is 0 Å². The molecule has 0 rings (SSSR count). The van der Waals surface area contributed by atoms with E-state index in [0.29, 0.717) is 0 Å². The summed E-state index contributed by atoms with van der Waals surface area (Å²) in [7, 11) is 0. The molecule has 0 spiro atoms. The Morgan fingerprint density at radius 1 is 0.423 bits per heavy atom. The zero-order chi connectivity index (χ0) is 21.4. The zero-order valence-electron chi connectivity index (χ0n) is 15.6. The van der Waals surface area contributed by atoms with Gasteiger partial charge >= 0.3 is 0 Å². The molecule has 0 atom stereocenters. The summed E-state index contributed by atoms with van der Waals surface area (Å²) in [6, 6.07) is 0. The second-order valence-electron chi connectivity index (χ2n) is 3.63. The van der Waals surface area contributed by atoms with Crippen molar-refractivity contribution < 1.29 is 68.1 Å². The van der Waals surface area contributed by atoms with Crippen LogP contribution in [-0.2, 0) is 42.5 Å². The molecular formula is C15H25O10V-5. The van der Waals surface area contributed by atoms with Gasteiger partial charge in [-0.25, -0.2) is 0 Å². The topological polar surface area (TPSA) is 201 Å². The first-order chi connectivity index (χ1) is 11.4. The number of carbonyl (C=O) groups is 5. The third-order valence-electron chi connectivity index (χ3n) is 1.44. The Bertz CT molecular complexity index is 288. The summed E-state index contributed by atoms with van der Waals surface area (Å²) < 4.78 is 0. The molecule has 26 heavy (non-hydrogen) atoms. The Hall–Kier alpha value is -2.07. The molecule has 0 aromatic carbocycles. The van der Waals surface area contributed by atoms with Crippen molar-refractivity contribution in [2.24, 2.45) is 0 Å². The Kier molecular flexibility index (Phi) is 51.6. The summed E-state index contributed by atoms with van der Waals surface area (Å²) in [6.07, 6.45) is 0.556. The maximum absolute atomic E-state index is 9.26. The number of carbonyl (C=O) groups excluding carboxylic acids is 5. The summed E-state index contributed by atoms with van der Waals surface area (Å²) in [5.41, 5.74) is 0. The predicted molar refractivity (Wildman–Crippen MR) is 76.5 cm³/mol. The van der Waals surface area contributed by atoms with Crippen LogP contribution in [0.25, 0.3) is 0 Å². The standard InChI is InChI=1S/5C3H6O2.V/c5*1-2-3(4)5;/h5*2H2,1H3,(H,4,5);/p-5. The first kappa shape index (κ1) is 39.1. The van der Waals surface area contributed by atoms with Crippen LogP contribution in [0, 0.1) is 0 Å². The number of hydrogen-bond acceptors (Lipinski definition) is 10. The maximum atomic E-state index is 9.26. The van der Waals surface area contributed by atoms with Crippen molar-refractivity contribution in [2.75, 3.05) is 0 Å². The normalized spacial score (nSPS) is 7.12. The van der Waals surface area contributed by atoms with E-state index in [1.165, 1.54) is 34.6 Å². The van der Waals surface area contributed by atoms with Crippen molar-refractivity contribution in [1.82, 2.24) is 0 Å². The number of carboxylic acids is 5. The van der Waals surface area contributed by atoms with E-state index in [4.69, 9.17) is 0 Å². The first-order valence-corrected chi connectivity index (χ1v) is 7.34. The van der Waals surface area contributed by atoms with E-state index in [2.05, 4.69) is 0 Å². The van der Waals surface area contributed by atoms with Crippen molar-refractivity contribution >= 4 is 29.8 Å². The van der Waals surface area contributed by atoms with Crippen molar-refractivity contribution in [3.8, 4) is 0 Å². The number of rotatable bonds is 5. The molecule has 10 nitrogen and oxygen atoms in total. The van der Waals surface area contributed by atoms with E-state index >= 15 is 0 Å². The Labute approximate surface area is 165 Å². The van der Waals surface area contributed by atoms with E-state index in [9.17, 15) is 49.5 Å². The first-order valence-electron chi connectivity index (χ1n) is 7.34. The fourth-order valence-electron chi connectivity index (χ4n) is 0. The average molecular weight is 416 g/mol. The summed E-state index contributed by atoms with van der Waals surface area (Å²) in [5.74, 6) is -4.98. The molecule has 0 unspecified atom stereocenters.